The Bertz CT molecular complexity index is 322. The first-order valence-electron chi connectivity index (χ1n) is 5.37. The lowest BCUT2D eigenvalue weighted by atomic mass is 10.2. The van der Waals surface area contributed by atoms with Crippen molar-refractivity contribution >= 4 is 5.97 Å². The molecule has 0 spiro atoms. The van der Waals surface area contributed by atoms with Gasteiger partial charge in [-0.2, -0.15) is 0 Å². The van der Waals surface area contributed by atoms with Gasteiger partial charge in [-0.25, -0.2) is 4.79 Å². The van der Waals surface area contributed by atoms with Crippen LogP contribution in [0.15, 0.2) is 16.7 Å². The van der Waals surface area contributed by atoms with Crippen LogP contribution in [-0.4, -0.2) is 29.3 Å². The summed E-state index contributed by atoms with van der Waals surface area (Å²) in [6.45, 7) is 1.44. The summed E-state index contributed by atoms with van der Waals surface area (Å²) in [7, 11) is 0. The summed E-state index contributed by atoms with van der Waals surface area (Å²) < 4.78 is 5.07. The average molecular weight is 227 g/mol. The van der Waals surface area contributed by atoms with Gasteiger partial charge >= 0.3 is 5.97 Å². The molecule has 0 radical (unpaired) electrons. The number of hydrogen-bond acceptors (Lipinski definition) is 4. The molecule has 16 heavy (non-hydrogen) atoms. The molecular weight excluding hydrogens is 210 g/mol. The summed E-state index contributed by atoms with van der Waals surface area (Å²) in [5, 5.41) is 20.5. The van der Waals surface area contributed by atoms with Crippen LogP contribution in [0, 0.1) is 0 Å². The van der Waals surface area contributed by atoms with E-state index in [1.165, 1.54) is 12.3 Å². The van der Waals surface area contributed by atoms with Crippen molar-refractivity contribution in [3.8, 4) is 0 Å². The Balaban J connectivity index is 2.21. The van der Waals surface area contributed by atoms with E-state index in [2.05, 4.69) is 5.32 Å². The zero-order valence-corrected chi connectivity index (χ0v) is 9.11. The van der Waals surface area contributed by atoms with Gasteiger partial charge in [0.15, 0.2) is 0 Å². The van der Waals surface area contributed by atoms with Crippen molar-refractivity contribution in [1.82, 2.24) is 5.32 Å². The molecule has 0 saturated carbocycles. The first-order valence-corrected chi connectivity index (χ1v) is 5.37. The van der Waals surface area contributed by atoms with Gasteiger partial charge in [-0.15, -0.1) is 0 Å². The van der Waals surface area contributed by atoms with Crippen LogP contribution in [0.3, 0.4) is 0 Å². The Morgan fingerprint density at radius 1 is 1.38 bits per heavy atom. The molecule has 90 valence electrons. The van der Waals surface area contributed by atoms with Crippen molar-refractivity contribution in [1.29, 1.82) is 0 Å². The molecule has 0 bridgehead atoms. The molecule has 5 heteroatoms. The van der Waals surface area contributed by atoms with Crippen molar-refractivity contribution in [3.05, 3.63) is 23.7 Å². The number of carboxylic acids is 1. The molecule has 1 rings (SSSR count). The predicted molar refractivity (Wildman–Crippen MR) is 58.3 cm³/mol. The number of carboxylic acid groups (broad SMARTS) is 1. The minimum absolute atomic E-state index is 0.211. The third kappa shape index (κ3) is 4.04. The van der Waals surface area contributed by atoms with Gasteiger partial charge in [-0.05, 0) is 31.9 Å². The fourth-order valence-corrected chi connectivity index (χ4v) is 1.41. The topological polar surface area (TPSA) is 82.7 Å². The third-order valence-electron chi connectivity index (χ3n) is 2.27. The molecule has 1 aromatic rings. The Hall–Kier alpha value is -1.33. The molecule has 0 unspecified atom stereocenters. The molecule has 0 aliphatic heterocycles. The molecule has 5 nitrogen and oxygen atoms in total. The van der Waals surface area contributed by atoms with E-state index in [9.17, 15) is 4.79 Å². The number of aromatic carboxylic acids is 1. The Kier molecular flexibility index (Phi) is 5.60. The maximum atomic E-state index is 10.7. The Labute approximate surface area is 94.1 Å². The van der Waals surface area contributed by atoms with Crippen LogP contribution in [-0.2, 0) is 6.54 Å². The zero-order chi connectivity index (χ0) is 11.8. The highest BCUT2D eigenvalue weighted by Gasteiger charge is 2.12. The highest BCUT2D eigenvalue weighted by atomic mass is 16.4. The number of carbonyl (C=O) groups is 1. The fourth-order valence-electron chi connectivity index (χ4n) is 1.41. The lowest BCUT2D eigenvalue weighted by Crippen LogP contribution is -2.16. The van der Waals surface area contributed by atoms with E-state index in [0.717, 1.165) is 25.8 Å². The summed E-state index contributed by atoms with van der Waals surface area (Å²) in [6.07, 6.45) is 4.12. The van der Waals surface area contributed by atoms with E-state index >= 15 is 0 Å². The minimum atomic E-state index is -0.967. The monoisotopic (exact) mass is 227 g/mol. The van der Waals surface area contributed by atoms with E-state index in [4.69, 9.17) is 14.6 Å². The summed E-state index contributed by atoms with van der Waals surface area (Å²) in [6, 6.07) is 1.45. The van der Waals surface area contributed by atoms with Crippen LogP contribution >= 0.6 is 0 Å². The molecule has 0 atom stereocenters. The first kappa shape index (κ1) is 12.7. The van der Waals surface area contributed by atoms with E-state index < -0.39 is 5.97 Å². The van der Waals surface area contributed by atoms with E-state index in [1.807, 2.05) is 0 Å². The number of hydrogen-bond donors (Lipinski definition) is 3. The second-order valence-electron chi connectivity index (χ2n) is 3.52. The molecule has 1 heterocycles. The summed E-state index contributed by atoms with van der Waals surface area (Å²) in [5.41, 5.74) is 0.211. The number of aliphatic hydroxyl groups is 1. The number of nitrogens with one attached hydrogen (secondary N) is 1. The second-order valence-corrected chi connectivity index (χ2v) is 3.52. The lowest BCUT2D eigenvalue weighted by Gasteiger charge is -2.03. The van der Waals surface area contributed by atoms with Gasteiger partial charge < -0.3 is 19.9 Å². The van der Waals surface area contributed by atoms with Crippen LogP contribution < -0.4 is 5.32 Å². The number of furan rings is 1. The van der Waals surface area contributed by atoms with Gasteiger partial charge in [0, 0.05) is 6.61 Å². The Morgan fingerprint density at radius 2 is 2.19 bits per heavy atom. The molecule has 0 saturated heterocycles. The minimum Gasteiger partial charge on any atom is -0.478 e. The molecular formula is C11H17NO4. The summed E-state index contributed by atoms with van der Waals surface area (Å²) in [4.78, 5) is 10.7. The van der Waals surface area contributed by atoms with Crippen LogP contribution in [0.4, 0.5) is 0 Å². The smallest absolute Gasteiger partial charge is 0.339 e. The third-order valence-corrected chi connectivity index (χ3v) is 2.27. The fraction of sp³-hybridized carbons (Fsp3) is 0.545. The van der Waals surface area contributed by atoms with Gasteiger partial charge in [-0.3, -0.25) is 0 Å². The van der Waals surface area contributed by atoms with Gasteiger partial charge in [0.1, 0.15) is 11.3 Å². The van der Waals surface area contributed by atoms with Gasteiger partial charge in [-0.1, -0.05) is 0 Å². The van der Waals surface area contributed by atoms with Crippen molar-refractivity contribution in [2.24, 2.45) is 0 Å². The molecule has 0 fully saturated rings. The van der Waals surface area contributed by atoms with Crippen molar-refractivity contribution < 1.29 is 19.4 Å². The van der Waals surface area contributed by atoms with Crippen molar-refractivity contribution in [2.45, 2.75) is 25.8 Å². The molecule has 0 aliphatic carbocycles. The molecule has 0 amide bonds. The van der Waals surface area contributed by atoms with Crippen molar-refractivity contribution in [2.75, 3.05) is 13.2 Å². The normalized spacial score (nSPS) is 10.6. The average Bonchev–Trinajstić information content (AvgIpc) is 2.71. The molecule has 0 aliphatic rings. The van der Waals surface area contributed by atoms with Gasteiger partial charge in [0.05, 0.1) is 12.8 Å². The maximum absolute atomic E-state index is 10.7. The Morgan fingerprint density at radius 3 is 2.88 bits per heavy atom. The van der Waals surface area contributed by atoms with Crippen LogP contribution in [0.5, 0.6) is 0 Å². The maximum Gasteiger partial charge on any atom is 0.339 e. The molecule has 0 aromatic carbocycles. The van der Waals surface area contributed by atoms with E-state index in [1.54, 1.807) is 0 Å². The van der Waals surface area contributed by atoms with Gasteiger partial charge in [0.25, 0.3) is 0 Å². The zero-order valence-electron chi connectivity index (χ0n) is 9.11. The number of unbranched alkanes of at least 4 members (excludes halogenated alkanes) is 2. The quantitative estimate of drug-likeness (QED) is 0.582. The van der Waals surface area contributed by atoms with Gasteiger partial charge in [0.2, 0.25) is 0 Å². The van der Waals surface area contributed by atoms with Crippen LogP contribution in [0.2, 0.25) is 0 Å². The number of rotatable bonds is 8. The highest BCUT2D eigenvalue weighted by Crippen LogP contribution is 2.09. The lowest BCUT2D eigenvalue weighted by molar-refractivity contribution is 0.0694. The van der Waals surface area contributed by atoms with E-state index in [0.29, 0.717) is 12.3 Å². The summed E-state index contributed by atoms with van der Waals surface area (Å²) in [5.74, 6) is -0.513. The van der Waals surface area contributed by atoms with Crippen molar-refractivity contribution in [3.63, 3.8) is 0 Å². The molecule has 3 N–H and O–H groups in total. The number of aliphatic hydroxyl groups excluding tert-OH is 1. The standard InChI is InChI=1S/C11H17NO4/c13-6-3-1-2-5-12-8-10-9(11(14)15)4-7-16-10/h4,7,12-13H,1-3,5-6,8H2,(H,14,15). The van der Waals surface area contributed by atoms with Crippen LogP contribution in [0.1, 0.15) is 35.4 Å². The molecule has 1 aromatic heterocycles. The summed E-state index contributed by atoms with van der Waals surface area (Å²) >= 11 is 0. The highest BCUT2D eigenvalue weighted by molar-refractivity contribution is 5.88. The predicted octanol–water partition coefficient (Wildman–Crippen LogP) is 1.23. The second kappa shape index (κ2) is 7.03. The largest absolute Gasteiger partial charge is 0.478 e. The van der Waals surface area contributed by atoms with Crippen LogP contribution in [0.25, 0.3) is 0 Å². The van der Waals surface area contributed by atoms with E-state index in [-0.39, 0.29) is 12.2 Å². The first-order chi connectivity index (χ1) is 7.75. The SMILES string of the molecule is O=C(O)c1ccoc1CNCCCCCO.